The summed E-state index contributed by atoms with van der Waals surface area (Å²) in [4.78, 5) is 11.6. The molecule has 0 amide bonds. The van der Waals surface area contributed by atoms with Gasteiger partial charge in [0.1, 0.15) is 5.60 Å². The number of ether oxygens (including phenoxy) is 3. The third-order valence-electron chi connectivity index (χ3n) is 4.58. The summed E-state index contributed by atoms with van der Waals surface area (Å²) in [7, 11) is 0. The van der Waals surface area contributed by atoms with Gasteiger partial charge in [-0.25, -0.2) is 4.79 Å². The van der Waals surface area contributed by atoms with Gasteiger partial charge in [-0.1, -0.05) is 36.4 Å². The van der Waals surface area contributed by atoms with Gasteiger partial charge in [-0.05, 0) is 32.8 Å². The van der Waals surface area contributed by atoms with Gasteiger partial charge in [0.15, 0.2) is 0 Å². The normalized spacial score (nSPS) is 24.3. The Kier molecular flexibility index (Phi) is 5.37. The Bertz CT molecular complexity index is 776. The number of fused-ring (bicyclic) bond motifs is 1. The number of hydrogen-bond acceptors (Lipinski definition) is 5. The van der Waals surface area contributed by atoms with Gasteiger partial charge in [0.05, 0.1) is 24.4 Å². The van der Waals surface area contributed by atoms with Gasteiger partial charge >= 0.3 is 5.97 Å². The van der Waals surface area contributed by atoms with Crippen molar-refractivity contribution < 1.29 is 24.1 Å². The molecule has 1 heterocycles. The van der Waals surface area contributed by atoms with E-state index < -0.39 is 17.9 Å². The number of carbonyl (C=O) groups is 1. The van der Waals surface area contributed by atoms with Crippen molar-refractivity contribution in [1.29, 1.82) is 5.41 Å². The largest absolute Gasteiger partial charge is 0.478 e. The van der Waals surface area contributed by atoms with E-state index in [4.69, 9.17) is 19.6 Å². The predicted octanol–water partition coefficient (Wildman–Crippen LogP) is 3.88. The van der Waals surface area contributed by atoms with E-state index >= 15 is 0 Å². The fourth-order valence-electron chi connectivity index (χ4n) is 3.44. The molecule has 0 saturated carbocycles. The van der Waals surface area contributed by atoms with Crippen LogP contribution in [-0.2, 0) is 25.6 Å². The number of hydrogen-bond donors (Lipinski definition) is 2. The topological polar surface area (TPSA) is 88.8 Å². The maximum Gasteiger partial charge on any atom is 0.335 e. The second-order valence-corrected chi connectivity index (χ2v) is 7.75. The second kappa shape index (κ2) is 7.56. The minimum absolute atomic E-state index is 0.0403. The summed E-state index contributed by atoms with van der Waals surface area (Å²) >= 11 is 0. The van der Waals surface area contributed by atoms with E-state index in [1.807, 2.05) is 57.2 Å². The number of rotatable bonds is 5. The van der Waals surface area contributed by atoms with Crippen LogP contribution in [0.1, 0.15) is 32.8 Å². The van der Waals surface area contributed by atoms with Crippen molar-refractivity contribution in [3.8, 4) is 0 Å². The van der Waals surface area contributed by atoms with Crippen LogP contribution >= 0.6 is 0 Å². The number of aliphatic carboxylic acids is 1. The van der Waals surface area contributed by atoms with Gasteiger partial charge in [0, 0.05) is 11.5 Å². The number of nitrogens with one attached hydrogen (secondary N) is 1. The van der Waals surface area contributed by atoms with Crippen LogP contribution < -0.4 is 0 Å². The minimum atomic E-state index is -1.01. The van der Waals surface area contributed by atoms with Crippen molar-refractivity contribution in [3.05, 3.63) is 59.4 Å². The van der Waals surface area contributed by atoms with Crippen LogP contribution in [0.25, 0.3) is 0 Å². The van der Waals surface area contributed by atoms with Crippen molar-refractivity contribution in [2.24, 2.45) is 11.8 Å². The lowest BCUT2D eigenvalue weighted by atomic mass is 9.83. The number of carboxylic acid groups (broad SMARTS) is 1. The van der Waals surface area contributed by atoms with Gasteiger partial charge in [-0.2, -0.15) is 0 Å². The average Bonchev–Trinajstić information content (AvgIpc) is 3.04. The molecule has 0 spiro atoms. The van der Waals surface area contributed by atoms with Gasteiger partial charge in [-0.15, -0.1) is 0 Å². The lowest BCUT2D eigenvalue weighted by Crippen LogP contribution is -2.39. The highest BCUT2D eigenvalue weighted by Gasteiger charge is 2.46. The Balaban J connectivity index is 1.81. The minimum Gasteiger partial charge on any atom is -0.478 e. The molecule has 0 saturated heterocycles. The smallest absolute Gasteiger partial charge is 0.335 e. The molecular formula is C21H25NO5. The van der Waals surface area contributed by atoms with Crippen molar-refractivity contribution in [3.63, 3.8) is 0 Å². The first kappa shape index (κ1) is 19.2. The molecule has 6 heteroatoms. The summed E-state index contributed by atoms with van der Waals surface area (Å²) in [5.41, 5.74) is 1.32. The van der Waals surface area contributed by atoms with Crippen molar-refractivity contribution >= 4 is 11.9 Å². The molecule has 0 fully saturated rings. The van der Waals surface area contributed by atoms with Gasteiger partial charge in [-0.3, -0.25) is 5.41 Å². The molecule has 144 valence electrons. The van der Waals surface area contributed by atoms with E-state index in [0.29, 0.717) is 18.6 Å². The Labute approximate surface area is 158 Å². The molecule has 0 unspecified atom stereocenters. The van der Waals surface area contributed by atoms with Crippen LogP contribution in [0.15, 0.2) is 53.8 Å². The quantitative estimate of drug-likeness (QED) is 0.606. The van der Waals surface area contributed by atoms with Crippen LogP contribution in [0.4, 0.5) is 0 Å². The summed E-state index contributed by atoms with van der Waals surface area (Å²) in [6, 6.07) is 9.70. The van der Waals surface area contributed by atoms with Crippen LogP contribution in [-0.4, -0.2) is 28.9 Å². The lowest BCUT2D eigenvalue weighted by Gasteiger charge is -2.35. The molecule has 1 aliphatic heterocycles. The second-order valence-electron chi connectivity index (χ2n) is 7.75. The summed E-state index contributed by atoms with van der Waals surface area (Å²) in [5, 5.41) is 17.8. The molecule has 0 radical (unpaired) electrons. The standard InChI is InChI=1S/C21H25NO5/c1-21(2,3)27-18(22)15-10-9-14-16(19(23)24)12-26-20(17(14)15)25-11-13-7-5-4-6-8-13/h4-8,10,12,14,17,20,22H,9,11H2,1-3H3,(H,23,24)/t14-,17+,20-/m1/s1. The fraction of sp³-hybridized carbons (Fsp3) is 0.429. The highest BCUT2D eigenvalue weighted by atomic mass is 16.7. The number of benzene rings is 1. The highest BCUT2D eigenvalue weighted by Crippen LogP contribution is 2.44. The molecule has 27 heavy (non-hydrogen) atoms. The maximum atomic E-state index is 11.6. The van der Waals surface area contributed by atoms with Crippen molar-refractivity contribution in [1.82, 2.24) is 0 Å². The molecule has 3 atom stereocenters. The van der Waals surface area contributed by atoms with Crippen molar-refractivity contribution in [2.75, 3.05) is 0 Å². The Morgan fingerprint density at radius 3 is 2.59 bits per heavy atom. The Hall–Kier alpha value is -2.60. The fourth-order valence-corrected chi connectivity index (χ4v) is 3.44. The van der Waals surface area contributed by atoms with E-state index in [2.05, 4.69) is 0 Å². The summed E-state index contributed by atoms with van der Waals surface area (Å²) in [5.74, 6) is -1.65. The molecule has 0 bridgehead atoms. The summed E-state index contributed by atoms with van der Waals surface area (Å²) < 4.78 is 17.3. The lowest BCUT2D eigenvalue weighted by molar-refractivity contribution is -0.159. The molecule has 3 rings (SSSR count). The van der Waals surface area contributed by atoms with E-state index in [9.17, 15) is 9.90 Å². The zero-order valence-electron chi connectivity index (χ0n) is 15.8. The molecule has 1 aromatic rings. The molecule has 2 aliphatic rings. The Morgan fingerprint density at radius 2 is 1.96 bits per heavy atom. The van der Waals surface area contributed by atoms with Crippen LogP contribution in [0, 0.1) is 17.2 Å². The van der Waals surface area contributed by atoms with Gasteiger partial charge in [0.25, 0.3) is 0 Å². The van der Waals surface area contributed by atoms with E-state index in [0.717, 1.165) is 5.56 Å². The van der Waals surface area contributed by atoms with Crippen LogP contribution in [0.2, 0.25) is 0 Å². The summed E-state index contributed by atoms with van der Waals surface area (Å²) in [6.45, 7) is 5.96. The monoisotopic (exact) mass is 371 g/mol. The van der Waals surface area contributed by atoms with Gasteiger partial charge < -0.3 is 19.3 Å². The number of allylic oxidation sites excluding steroid dienone is 1. The summed E-state index contributed by atoms with van der Waals surface area (Å²) in [6.07, 6.45) is 3.00. The third-order valence-corrected chi connectivity index (χ3v) is 4.58. The van der Waals surface area contributed by atoms with E-state index in [1.54, 1.807) is 0 Å². The first-order valence-electron chi connectivity index (χ1n) is 8.98. The van der Waals surface area contributed by atoms with Crippen LogP contribution in [0.3, 0.4) is 0 Å². The molecule has 2 N–H and O–H groups in total. The highest BCUT2D eigenvalue weighted by molar-refractivity contribution is 5.94. The van der Waals surface area contributed by atoms with Gasteiger partial charge in [0.2, 0.25) is 12.2 Å². The van der Waals surface area contributed by atoms with E-state index in [-0.39, 0.29) is 23.3 Å². The predicted molar refractivity (Wildman–Crippen MR) is 100 cm³/mol. The average molecular weight is 371 g/mol. The third kappa shape index (κ3) is 4.39. The zero-order valence-corrected chi connectivity index (χ0v) is 15.8. The Morgan fingerprint density at radius 1 is 1.26 bits per heavy atom. The maximum absolute atomic E-state index is 11.6. The number of carboxylic acids is 1. The SMILES string of the molecule is CC(C)(C)OC(=N)C1=CC[C@@H]2C(C(=O)O)=CO[C@@H](OCc3ccccc3)[C@H]12. The molecular weight excluding hydrogens is 346 g/mol. The van der Waals surface area contributed by atoms with Crippen molar-refractivity contribution in [2.45, 2.75) is 45.7 Å². The van der Waals surface area contributed by atoms with E-state index in [1.165, 1.54) is 6.26 Å². The zero-order chi connectivity index (χ0) is 19.6. The molecule has 6 nitrogen and oxygen atoms in total. The first-order valence-corrected chi connectivity index (χ1v) is 8.98. The van der Waals surface area contributed by atoms with Crippen LogP contribution in [0.5, 0.6) is 0 Å². The first-order chi connectivity index (χ1) is 12.8. The molecule has 1 aromatic carbocycles. The molecule has 1 aliphatic carbocycles. The molecule has 0 aromatic heterocycles.